The summed E-state index contributed by atoms with van der Waals surface area (Å²) in [4.78, 5) is 18.4. The van der Waals surface area contributed by atoms with Crippen molar-refractivity contribution in [1.82, 2.24) is 14.7 Å². The van der Waals surface area contributed by atoms with E-state index in [1.807, 2.05) is 35.4 Å². The topological polar surface area (TPSA) is 41.4 Å². The number of hydrogen-bond donors (Lipinski definition) is 0. The minimum absolute atomic E-state index is 0.0969. The van der Waals surface area contributed by atoms with Crippen molar-refractivity contribution in [3.8, 4) is 0 Å². The number of fused-ring (bicyclic) bond motifs is 3. The first kappa shape index (κ1) is 17.5. The lowest BCUT2D eigenvalue weighted by Gasteiger charge is -2.41. The molecule has 2 aromatic rings. The molecule has 3 heterocycles. The lowest BCUT2D eigenvalue weighted by atomic mass is 9.92. The highest BCUT2D eigenvalue weighted by atomic mass is 32.2. The van der Waals surface area contributed by atoms with E-state index in [9.17, 15) is 4.79 Å². The number of carbonyl (C=O) groups excluding carboxylic acids is 1. The van der Waals surface area contributed by atoms with Gasteiger partial charge in [-0.1, -0.05) is 19.1 Å². The highest BCUT2D eigenvalue weighted by Crippen LogP contribution is 2.41. The number of rotatable bonds is 2. The predicted octanol–water partition coefficient (Wildman–Crippen LogP) is 3.80. The molecule has 4 rings (SSSR count). The van der Waals surface area contributed by atoms with Crippen molar-refractivity contribution in [1.29, 1.82) is 0 Å². The largest absolute Gasteiger partial charge is 0.357 e. The maximum Gasteiger partial charge on any atom is 0.255 e. The summed E-state index contributed by atoms with van der Waals surface area (Å²) in [6, 6.07) is 8.69. The van der Waals surface area contributed by atoms with Crippen LogP contribution in [0.5, 0.6) is 0 Å². The quantitative estimate of drug-likeness (QED) is 0.754. The molecule has 2 aliphatic heterocycles. The Balaban J connectivity index is 1.65. The van der Waals surface area contributed by atoms with Gasteiger partial charge in [0, 0.05) is 23.5 Å². The molecule has 2 aliphatic rings. The minimum atomic E-state index is 0.0969. The van der Waals surface area contributed by atoms with Gasteiger partial charge in [-0.2, -0.15) is 5.10 Å². The molecule has 1 amide bonds. The second-order valence-electron chi connectivity index (χ2n) is 7.51. The number of nitrogens with zero attached hydrogens (tertiary/aromatic N) is 4. The minimum Gasteiger partial charge on any atom is -0.357 e. The van der Waals surface area contributed by atoms with Gasteiger partial charge < -0.3 is 9.80 Å². The van der Waals surface area contributed by atoms with E-state index in [1.165, 1.54) is 11.4 Å². The zero-order chi connectivity index (χ0) is 18.6. The van der Waals surface area contributed by atoms with Gasteiger partial charge in [0.05, 0.1) is 30.4 Å². The second kappa shape index (κ2) is 6.34. The van der Waals surface area contributed by atoms with Crippen molar-refractivity contribution in [2.45, 2.75) is 50.8 Å². The zero-order valence-corrected chi connectivity index (χ0v) is 16.9. The molecule has 0 saturated carbocycles. The highest BCUT2D eigenvalue weighted by molar-refractivity contribution is 7.98. The van der Waals surface area contributed by atoms with Gasteiger partial charge in [-0.3, -0.25) is 4.79 Å². The smallest absolute Gasteiger partial charge is 0.255 e. The Kier molecular flexibility index (Phi) is 4.26. The van der Waals surface area contributed by atoms with Crippen LogP contribution in [-0.2, 0) is 13.1 Å². The summed E-state index contributed by atoms with van der Waals surface area (Å²) in [6.45, 7) is 8.05. The number of benzene rings is 1. The highest BCUT2D eigenvalue weighted by Gasteiger charge is 2.39. The van der Waals surface area contributed by atoms with Gasteiger partial charge >= 0.3 is 0 Å². The van der Waals surface area contributed by atoms with Crippen molar-refractivity contribution >= 4 is 23.5 Å². The molecule has 138 valence electrons. The first-order valence-corrected chi connectivity index (χ1v) is 10.4. The van der Waals surface area contributed by atoms with E-state index in [-0.39, 0.29) is 5.91 Å². The Morgan fingerprint density at radius 2 is 1.88 bits per heavy atom. The number of carbonyl (C=O) groups is 1. The van der Waals surface area contributed by atoms with E-state index in [0.29, 0.717) is 31.1 Å². The van der Waals surface area contributed by atoms with Gasteiger partial charge in [0.1, 0.15) is 5.82 Å². The summed E-state index contributed by atoms with van der Waals surface area (Å²) in [6.07, 6.45) is 2.01. The van der Waals surface area contributed by atoms with Crippen LogP contribution < -0.4 is 4.90 Å². The van der Waals surface area contributed by atoms with Crippen molar-refractivity contribution in [2.75, 3.05) is 18.2 Å². The maximum atomic E-state index is 13.1. The molecule has 3 atom stereocenters. The first-order valence-electron chi connectivity index (χ1n) is 9.19. The lowest BCUT2D eigenvalue weighted by Crippen LogP contribution is -2.44. The molecule has 0 aliphatic carbocycles. The molecule has 0 fully saturated rings. The van der Waals surface area contributed by atoms with Crippen molar-refractivity contribution in [2.24, 2.45) is 5.92 Å². The number of thioether (sulfide) groups is 1. The summed E-state index contributed by atoms with van der Waals surface area (Å²) in [5.74, 6) is 1.82. The van der Waals surface area contributed by atoms with Crippen LogP contribution in [0.15, 0.2) is 29.2 Å². The third-order valence-corrected chi connectivity index (χ3v) is 7.03. The Hall–Kier alpha value is -1.95. The van der Waals surface area contributed by atoms with E-state index in [0.717, 1.165) is 16.2 Å². The Bertz CT molecular complexity index is 861. The fourth-order valence-electron chi connectivity index (χ4n) is 4.19. The summed E-state index contributed by atoms with van der Waals surface area (Å²) in [5, 5.41) is 4.89. The Morgan fingerprint density at radius 3 is 2.62 bits per heavy atom. The number of hydrogen-bond acceptors (Lipinski definition) is 4. The summed E-state index contributed by atoms with van der Waals surface area (Å²) < 4.78 is 2.17. The van der Waals surface area contributed by atoms with Crippen molar-refractivity contribution < 1.29 is 4.79 Å². The summed E-state index contributed by atoms with van der Waals surface area (Å²) in [5.41, 5.74) is 3.05. The van der Waals surface area contributed by atoms with E-state index >= 15 is 0 Å². The first-order chi connectivity index (χ1) is 12.4. The molecule has 6 heteroatoms. The molecule has 0 bridgehead atoms. The van der Waals surface area contributed by atoms with Gasteiger partial charge in [0.25, 0.3) is 5.91 Å². The van der Waals surface area contributed by atoms with Crippen LogP contribution in [0.2, 0.25) is 0 Å². The van der Waals surface area contributed by atoms with E-state index in [2.05, 4.69) is 37.4 Å². The molecule has 0 saturated heterocycles. The SMILES string of the molecule is CSc1ccccc1C(=O)N1Cc2nn3c(c2C1)N(C)C(C)C(C)C3C. The van der Waals surface area contributed by atoms with Crippen molar-refractivity contribution in [3.63, 3.8) is 0 Å². The van der Waals surface area contributed by atoms with E-state index < -0.39 is 0 Å². The Labute approximate surface area is 159 Å². The van der Waals surface area contributed by atoms with Gasteiger partial charge in [-0.25, -0.2) is 4.68 Å². The number of aromatic nitrogens is 2. The fraction of sp³-hybridized carbons (Fsp3) is 0.500. The third-order valence-electron chi connectivity index (χ3n) is 6.23. The van der Waals surface area contributed by atoms with Gasteiger partial charge in [0.2, 0.25) is 0 Å². The van der Waals surface area contributed by atoms with E-state index in [4.69, 9.17) is 5.10 Å². The van der Waals surface area contributed by atoms with Crippen molar-refractivity contribution in [3.05, 3.63) is 41.1 Å². The zero-order valence-electron chi connectivity index (χ0n) is 16.1. The molecule has 5 nitrogen and oxygen atoms in total. The third kappa shape index (κ3) is 2.46. The average molecular weight is 371 g/mol. The fourth-order valence-corrected chi connectivity index (χ4v) is 4.78. The normalized spacial score (nSPS) is 24.6. The second-order valence-corrected chi connectivity index (χ2v) is 8.35. The molecular formula is C20H26N4OS. The van der Waals surface area contributed by atoms with Crippen LogP contribution in [0, 0.1) is 5.92 Å². The monoisotopic (exact) mass is 370 g/mol. The average Bonchev–Trinajstić information content (AvgIpc) is 3.22. The van der Waals surface area contributed by atoms with Crippen LogP contribution in [0.3, 0.4) is 0 Å². The lowest BCUT2D eigenvalue weighted by molar-refractivity contribution is 0.0744. The molecule has 26 heavy (non-hydrogen) atoms. The number of amides is 1. The molecular weight excluding hydrogens is 344 g/mol. The van der Waals surface area contributed by atoms with Crippen LogP contribution in [0.25, 0.3) is 0 Å². The van der Waals surface area contributed by atoms with Crippen LogP contribution in [0.1, 0.15) is 48.4 Å². The van der Waals surface area contributed by atoms with Crippen LogP contribution in [-0.4, -0.2) is 39.9 Å². The molecule has 3 unspecified atom stereocenters. The van der Waals surface area contributed by atoms with Gasteiger partial charge in [0.15, 0.2) is 0 Å². The predicted molar refractivity (Wildman–Crippen MR) is 106 cm³/mol. The maximum absolute atomic E-state index is 13.1. The molecule has 1 aromatic heterocycles. The van der Waals surface area contributed by atoms with Gasteiger partial charge in [-0.05, 0) is 38.2 Å². The van der Waals surface area contributed by atoms with Gasteiger partial charge in [-0.15, -0.1) is 11.8 Å². The molecule has 0 radical (unpaired) electrons. The van der Waals surface area contributed by atoms with Crippen LogP contribution >= 0.6 is 11.8 Å². The summed E-state index contributed by atoms with van der Waals surface area (Å²) >= 11 is 1.62. The Morgan fingerprint density at radius 1 is 1.15 bits per heavy atom. The molecule has 0 N–H and O–H groups in total. The molecule has 0 spiro atoms. The standard InChI is InChI=1S/C20H26N4OS/c1-12-13(2)22(4)19-16-10-23(11-17(16)21-24(19)14(12)3)20(25)15-8-6-7-9-18(15)26-5/h6-9,12-14H,10-11H2,1-5H3. The molecule has 1 aromatic carbocycles. The summed E-state index contributed by atoms with van der Waals surface area (Å²) in [7, 11) is 2.15. The number of anilines is 1. The van der Waals surface area contributed by atoms with Crippen LogP contribution in [0.4, 0.5) is 5.82 Å². The van der Waals surface area contributed by atoms with E-state index in [1.54, 1.807) is 11.8 Å².